The van der Waals surface area contributed by atoms with Crippen LogP contribution in [0.4, 0.5) is 11.4 Å². The molecule has 1 aromatic rings. The molecule has 3 N–H and O–H groups in total. The Hall–Kier alpha value is -1.55. The van der Waals surface area contributed by atoms with Crippen LogP contribution in [-0.2, 0) is 4.79 Å². The fourth-order valence-corrected chi connectivity index (χ4v) is 2.52. The summed E-state index contributed by atoms with van der Waals surface area (Å²) in [5, 5.41) is 1.67. The van der Waals surface area contributed by atoms with Gasteiger partial charge in [-0.15, -0.1) is 0 Å². The average Bonchev–Trinajstić information content (AvgIpc) is 2.59. The van der Waals surface area contributed by atoms with E-state index in [9.17, 15) is 4.79 Å². The number of nitrogens with one attached hydrogen (secondary N) is 1. The zero-order chi connectivity index (χ0) is 11.8. The molecule has 2 aliphatic rings. The second kappa shape index (κ2) is 4.04. The number of hydrogen-bond donors (Lipinski definition) is 2. The van der Waals surface area contributed by atoms with Crippen LogP contribution < -0.4 is 16.2 Å². The van der Waals surface area contributed by atoms with Gasteiger partial charge in [0.1, 0.15) is 0 Å². The summed E-state index contributed by atoms with van der Waals surface area (Å²) in [6.45, 7) is 0. The lowest BCUT2D eigenvalue weighted by atomic mass is 9.79. The van der Waals surface area contributed by atoms with Crippen molar-refractivity contribution in [3.63, 3.8) is 0 Å². The van der Waals surface area contributed by atoms with Gasteiger partial charge in [-0.2, -0.15) is 0 Å². The number of rotatable bonds is 2. The summed E-state index contributed by atoms with van der Waals surface area (Å²) >= 11 is 0. The monoisotopic (exact) mass is 231 g/mol. The molecule has 2 fully saturated rings. The van der Waals surface area contributed by atoms with Crippen molar-refractivity contribution in [2.45, 2.75) is 31.7 Å². The van der Waals surface area contributed by atoms with Crippen molar-refractivity contribution in [2.24, 2.45) is 5.92 Å². The Labute approximate surface area is 101 Å². The maximum atomic E-state index is 11.9. The number of carbonyl (C=O) groups is 1. The van der Waals surface area contributed by atoms with Crippen molar-refractivity contribution < 1.29 is 4.79 Å². The molecule has 1 amide bonds. The Morgan fingerprint density at radius 2 is 1.94 bits per heavy atom. The molecule has 0 bridgehead atoms. The maximum Gasteiger partial charge on any atom is 0.243 e. The standard InChI is InChI=1S/C13H17N3O/c14-10-4-6-11(7-5-10)16-13(17)8-12(15-16)9-2-1-3-9/h4-7,9,12,15H,1-3,8,14H2. The molecule has 90 valence electrons. The minimum Gasteiger partial charge on any atom is -0.399 e. The van der Waals surface area contributed by atoms with Crippen LogP contribution in [0.3, 0.4) is 0 Å². The van der Waals surface area contributed by atoms with Crippen molar-refractivity contribution in [1.82, 2.24) is 5.43 Å². The predicted molar refractivity (Wildman–Crippen MR) is 67.2 cm³/mol. The Morgan fingerprint density at radius 1 is 1.24 bits per heavy atom. The number of nitrogen functional groups attached to an aromatic ring is 1. The molecule has 0 aromatic heterocycles. The Morgan fingerprint density at radius 3 is 2.53 bits per heavy atom. The SMILES string of the molecule is Nc1ccc(N2NC(C3CCC3)CC2=O)cc1. The Kier molecular flexibility index (Phi) is 2.52. The maximum absolute atomic E-state index is 11.9. The van der Waals surface area contributed by atoms with Gasteiger partial charge in [-0.1, -0.05) is 6.42 Å². The van der Waals surface area contributed by atoms with Crippen LogP contribution in [0.15, 0.2) is 24.3 Å². The Balaban J connectivity index is 1.75. The fraction of sp³-hybridized carbons (Fsp3) is 0.462. The van der Waals surface area contributed by atoms with E-state index < -0.39 is 0 Å². The van der Waals surface area contributed by atoms with Crippen molar-refractivity contribution in [2.75, 3.05) is 10.7 Å². The van der Waals surface area contributed by atoms with Crippen molar-refractivity contribution in [3.05, 3.63) is 24.3 Å². The van der Waals surface area contributed by atoms with Gasteiger partial charge in [-0.05, 0) is 43.0 Å². The van der Waals surface area contributed by atoms with Gasteiger partial charge in [-0.25, -0.2) is 10.4 Å². The summed E-state index contributed by atoms with van der Waals surface area (Å²) in [6, 6.07) is 7.73. The van der Waals surface area contributed by atoms with E-state index in [4.69, 9.17) is 5.73 Å². The number of benzene rings is 1. The van der Waals surface area contributed by atoms with Gasteiger partial charge in [0.25, 0.3) is 0 Å². The zero-order valence-electron chi connectivity index (χ0n) is 9.73. The molecule has 17 heavy (non-hydrogen) atoms. The first-order valence-electron chi connectivity index (χ1n) is 6.19. The van der Waals surface area contributed by atoms with Crippen molar-refractivity contribution >= 4 is 17.3 Å². The summed E-state index contributed by atoms with van der Waals surface area (Å²) in [7, 11) is 0. The molecule has 1 aliphatic heterocycles. The molecule has 4 nitrogen and oxygen atoms in total. The molecule has 3 rings (SSSR count). The van der Waals surface area contributed by atoms with Crippen LogP contribution in [0, 0.1) is 5.92 Å². The second-order valence-electron chi connectivity index (χ2n) is 4.95. The van der Waals surface area contributed by atoms with Gasteiger partial charge >= 0.3 is 0 Å². The molecule has 4 heteroatoms. The van der Waals surface area contributed by atoms with Gasteiger partial charge in [0.15, 0.2) is 0 Å². The zero-order valence-corrected chi connectivity index (χ0v) is 9.73. The number of anilines is 2. The minimum atomic E-state index is 0.159. The van der Waals surface area contributed by atoms with E-state index in [1.165, 1.54) is 19.3 Å². The lowest BCUT2D eigenvalue weighted by molar-refractivity contribution is -0.117. The molecular weight excluding hydrogens is 214 g/mol. The number of amides is 1. The summed E-state index contributed by atoms with van der Waals surface area (Å²) in [6.07, 6.45) is 4.43. The number of carbonyl (C=O) groups excluding carboxylic acids is 1. The quantitative estimate of drug-likeness (QED) is 0.761. The van der Waals surface area contributed by atoms with Gasteiger partial charge in [0, 0.05) is 18.2 Å². The molecule has 0 radical (unpaired) electrons. The summed E-state index contributed by atoms with van der Waals surface area (Å²) in [5.41, 5.74) is 10.6. The number of hydrogen-bond acceptors (Lipinski definition) is 3. The topological polar surface area (TPSA) is 58.4 Å². The summed E-state index contributed by atoms with van der Waals surface area (Å²) in [5.74, 6) is 0.837. The van der Waals surface area contributed by atoms with Gasteiger partial charge < -0.3 is 5.73 Å². The largest absolute Gasteiger partial charge is 0.399 e. The van der Waals surface area contributed by atoms with E-state index in [2.05, 4.69) is 5.43 Å². The van der Waals surface area contributed by atoms with Crippen molar-refractivity contribution in [1.29, 1.82) is 0 Å². The predicted octanol–water partition coefficient (Wildman–Crippen LogP) is 1.68. The molecule has 1 heterocycles. The normalized spacial score (nSPS) is 25.1. The van der Waals surface area contributed by atoms with E-state index >= 15 is 0 Å². The first-order valence-corrected chi connectivity index (χ1v) is 6.19. The second-order valence-corrected chi connectivity index (χ2v) is 4.95. The third kappa shape index (κ3) is 1.89. The van der Waals surface area contributed by atoms with E-state index in [1.807, 2.05) is 24.3 Å². The van der Waals surface area contributed by atoms with E-state index in [0.717, 1.165) is 11.4 Å². The molecule has 1 atom stereocenters. The van der Waals surface area contributed by atoms with Crippen LogP contribution in [0.1, 0.15) is 25.7 Å². The first kappa shape index (κ1) is 10.6. The molecule has 0 spiro atoms. The smallest absolute Gasteiger partial charge is 0.243 e. The first-order chi connectivity index (χ1) is 8.24. The molecule has 1 aliphatic carbocycles. The van der Waals surface area contributed by atoms with Crippen LogP contribution in [0.5, 0.6) is 0 Å². The third-order valence-corrected chi connectivity index (χ3v) is 3.81. The summed E-state index contributed by atoms with van der Waals surface area (Å²) < 4.78 is 0. The lowest BCUT2D eigenvalue weighted by Gasteiger charge is -2.31. The average molecular weight is 231 g/mol. The number of nitrogens with zero attached hydrogens (tertiary/aromatic N) is 1. The molecule has 1 unspecified atom stereocenters. The third-order valence-electron chi connectivity index (χ3n) is 3.81. The fourth-order valence-electron chi connectivity index (χ4n) is 2.52. The summed E-state index contributed by atoms with van der Waals surface area (Å²) in [4.78, 5) is 11.9. The highest BCUT2D eigenvalue weighted by Crippen LogP contribution is 2.34. The van der Waals surface area contributed by atoms with E-state index in [-0.39, 0.29) is 5.91 Å². The van der Waals surface area contributed by atoms with E-state index in [0.29, 0.717) is 18.4 Å². The van der Waals surface area contributed by atoms with Crippen LogP contribution in [-0.4, -0.2) is 11.9 Å². The van der Waals surface area contributed by atoms with Crippen LogP contribution in [0.25, 0.3) is 0 Å². The van der Waals surface area contributed by atoms with Crippen LogP contribution >= 0.6 is 0 Å². The Bertz CT molecular complexity index is 425. The molecular formula is C13H17N3O. The molecule has 1 saturated carbocycles. The minimum absolute atomic E-state index is 0.159. The highest BCUT2D eigenvalue weighted by Gasteiger charge is 2.37. The number of hydrazine groups is 1. The van der Waals surface area contributed by atoms with Gasteiger partial charge in [0.05, 0.1) is 5.69 Å². The number of nitrogens with two attached hydrogens (primary N) is 1. The van der Waals surface area contributed by atoms with Gasteiger partial charge in [0.2, 0.25) is 5.91 Å². The van der Waals surface area contributed by atoms with E-state index in [1.54, 1.807) is 5.01 Å². The van der Waals surface area contributed by atoms with Crippen molar-refractivity contribution in [3.8, 4) is 0 Å². The lowest BCUT2D eigenvalue weighted by Crippen LogP contribution is -2.42. The highest BCUT2D eigenvalue weighted by atomic mass is 16.2. The molecule has 1 saturated heterocycles. The highest BCUT2D eigenvalue weighted by molar-refractivity contribution is 5.95. The van der Waals surface area contributed by atoms with Crippen LogP contribution in [0.2, 0.25) is 0 Å². The molecule has 1 aromatic carbocycles. The van der Waals surface area contributed by atoms with Gasteiger partial charge in [-0.3, -0.25) is 4.79 Å².